The number of hydrogen-bond donors (Lipinski definition) is 2. The van der Waals surface area contributed by atoms with Crippen LogP contribution >= 0.6 is 0 Å². The molecule has 0 spiro atoms. The van der Waals surface area contributed by atoms with Crippen LogP contribution in [-0.4, -0.2) is 13.1 Å². The zero-order valence-corrected chi connectivity index (χ0v) is 26.4. The largest absolute Gasteiger partial charge is 0.310 e. The molecular weight excluding hydrogens is 460 g/mol. The Balaban J connectivity index is 2.40. The van der Waals surface area contributed by atoms with Crippen molar-refractivity contribution in [2.24, 2.45) is 0 Å². The first-order valence-corrected chi connectivity index (χ1v) is 17.3. The zero-order valence-electron chi connectivity index (χ0n) is 26.4. The average Bonchev–Trinajstić information content (AvgIpc) is 2.94. The van der Waals surface area contributed by atoms with Gasteiger partial charge in [-0.1, -0.05) is 180 Å². The summed E-state index contributed by atoms with van der Waals surface area (Å²) in [4.78, 5) is 0. The van der Waals surface area contributed by atoms with E-state index in [4.69, 9.17) is 0 Å². The van der Waals surface area contributed by atoms with Crippen LogP contribution in [-0.2, 0) is 0 Å². The minimum Gasteiger partial charge on any atom is -0.310 e. The van der Waals surface area contributed by atoms with Crippen LogP contribution in [0.1, 0.15) is 192 Å². The molecule has 0 amide bonds. The van der Waals surface area contributed by atoms with Crippen molar-refractivity contribution in [1.82, 2.24) is 10.6 Å². The van der Waals surface area contributed by atoms with E-state index in [-0.39, 0.29) is 0 Å². The van der Waals surface area contributed by atoms with Gasteiger partial charge in [-0.15, -0.1) is 0 Å². The van der Waals surface area contributed by atoms with Gasteiger partial charge in [-0.05, 0) is 37.1 Å². The molecule has 0 fully saturated rings. The normalized spacial score (nSPS) is 13.2. The van der Waals surface area contributed by atoms with Crippen LogP contribution < -0.4 is 10.6 Å². The number of unbranched alkanes of at least 4 members (excludes halogenated alkanes) is 18. The highest BCUT2D eigenvalue weighted by molar-refractivity contribution is 5.28. The van der Waals surface area contributed by atoms with Crippen molar-refractivity contribution >= 4 is 0 Å². The van der Waals surface area contributed by atoms with Gasteiger partial charge in [0, 0.05) is 12.1 Å². The molecule has 0 saturated carbocycles. The lowest BCUT2D eigenvalue weighted by atomic mass is 9.93. The minimum absolute atomic E-state index is 0.494. The summed E-state index contributed by atoms with van der Waals surface area (Å²) < 4.78 is 0. The SMILES string of the molecule is CCCCCCCCCCCCC(NCC)c1cccc(C(CCCCCCCCCCCC)NCC)c1. The van der Waals surface area contributed by atoms with Gasteiger partial charge in [0.2, 0.25) is 0 Å². The standard InChI is InChI=1S/C36H68N2/c1-5-9-11-13-15-17-19-21-23-25-30-35(37-7-3)33-28-27-29-34(32-33)36(38-8-4)31-26-24-22-20-18-16-14-12-10-6-2/h27-29,32,35-38H,5-26,30-31H2,1-4H3. The molecule has 1 rings (SSSR count). The number of hydrogen-bond acceptors (Lipinski definition) is 2. The van der Waals surface area contributed by atoms with Crippen molar-refractivity contribution in [2.75, 3.05) is 13.1 Å². The first-order chi connectivity index (χ1) is 18.8. The minimum atomic E-state index is 0.494. The first-order valence-electron chi connectivity index (χ1n) is 17.3. The Morgan fingerprint density at radius 3 is 1.08 bits per heavy atom. The molecule has 38 heavy (non-hydrogen) atoms. The van der Waals surface area contributed by atoms with E-state index in [0.717, 1.165) is 13.1 Å². The predicted molar refractivity (Wildman–Crippen MR) is 172 cm³/mol. The smallest absolute Gasteiger partial charge is 0.0320 e. The van der Waals surface area contributed by atoms with E-state index in [1.807, 2.05) is 0 Å². The van der Waals surface area contributed by atoms with E-state index < -0.39 is 0 Å². The maximum atomic E-state index is 3.80. The summed E-state index contributed by atoms with van der Waals surface area (Å²) >= 11 is 0. The number of rotatable bonds is 28. The summed E-state index contributed by atoms with van der Waals surface area (Å²) in [6, 6.07) is 10.5. The van der Waals surface area contributed by atoms with Gasteiger partial charge in [0.1, 0.15) is 0 Å². The van der Waals surface area contributed by atoms with Crippen LogP contribution in [0.4, 0.5) is 0 Å². The molecule has 2 unspecified atom stereocenters. The molecule has 222 valence electrons. The van der Waals surface area contributed by atoms with Crippen LogP contribution in [0, 0.1) is 0 Å². The molecule has 2 N–H and O–H groups in total. The maximum absolute atomic E-state index is 3.80. The van der Waals surface area contributed by atoms with Crippen molar-refractivity contribution in [2.45, 2.75) is 181 Å². The Bertz CT molecular complexity index is 564. The summed E-state index contributed by atoms with van der Waals surface area (Å²) in [7, 11) is 0. The molecule has 0 aliphatic heterocycles. The van der Waals surface area contributed by atoms with Gasteiger partial charge in [0.05, 0.1) is 0 Å². The third kappa shape index (κ3) is 18.4. The molecule has 2 atom stereocenters. The Morgan fingerprint density at radius 2 is 0.763 bits per heavy atom. The Labute approximate surface area is 239 Å². The van der Waals surface area contributed by atoms with Crippen molar-refractivity contribution < 1.29 is 0 Å². The molecule has 1 aromatic carbocycles. The second-order valence-corrected chi connectivity index (χ2v) is 11.8. The number of benzene rings is 1. The van der Waals surface area contributed by atoms with Crippen molar-refractivity contribution in [1.29, 1.82) is 0 Å². The van der Waals surface area contributed by atoms with Crippen molar-refractivity contribution in [3.8, 4) is 0 Å². The van der Waals surface area contributed by atoms with E-state index in [2.05, 4.69) is 62.6 Å². The van der Waals surface area contributed by atoms with E-state index in [9.17, 15) is 0 Å². The lowest BCUT2D eigenvalue weighted by Gasteiger charge is -2.23. The highest BCUT2D eigenvalue weighted by Gasteiger charge is 2.15. The second-order valence-electron chi connectivity index (χ2n) is 11.8. The van der Waals surface area contributed by atoms with E-state index in [1.54, 1.807) is 0 Å². The summed E-state index contributed by atoms with van der Waals surface area (Å²) in [5.41, 5.74) is 2.98. The van der Waals surface area contributed by atoms with Crippen LogP contribution in [0.5, 0.6) is 0 Å². The third-order valence-electron chi connectivity index (χ3n) is 8.31. The number of nitrogens with one attached hydrogen (secondary N) is 2. The molecule has 0 saturated heterocycles. The highest BCUT2D eigenvalue weighted by Crippen LogP contribution is 2.26. The van der Waals surface area contributed by atoms with E-state index >= 15 is 0 Å². The fourth-order valence-electron chi connectivity index (χ4n) is 5.93. The fourth-order valence-corrected chi connectivity index (χ4v) is 5.93. The van der Waals surface area contributed by atoms with E-state index in [1.165, 1.54) is 152 Å². The Morgan fingerprint density at radius 1 is 0.447 bits per heavy atom. The second kappa shape index (κ2) is 26.4. The Hall–Kier alpha value is -0.860. The predicted octanol–water partition coefficient (Wildman–Crippen LogP) is 11.6. The van der Waals surface area contributed by atoms with Crippen LogP contribution in [0.2, 0.25) is 0 Å². The lowest BCUT2D eigenvalue weighted by molar-refractivity contribution is 0.465. The van der Waals surface area contributed by atoms with Gasteiger partial charge in [0.25, 0.3) is 0 Å². The maximum Gasteiger partial charge on any atom is 0.0320 e. The summed E-state index contributed by atoms with van der Waals surface area (Å²) in [6.45, 7) is 11.2. The van der Waals surface area contributed by atoms with Crippen LogP contribution in [0.25, 0.3) is 0 Å². The highest BCUT2D eigenvalue weighted by atomic mass is 14.9. The van der Waals surface area contributed by atoms with Gasteiger partial charge in [0.15, 0.2) is 0 Å². The topological polar surface area (TPSA) is 24.1 Å². The molecular formula is C36H68N2. The average molecular weight is 529 g/mol. The monoisotopic (exact) mass is 529 g/mol. The molecule has 0 aromatic heterocycles. The molecule has 0 heterocycles. The molecule has 0 aliphatic rings. The zero-order chi connectivity index (χ0) is 27.5. The van der Waals surface area contributed by atoms with E-state index in [0.29, 0.717) is 12.1 Å². The molecule has 2 nitrogen and oxygen atoms in total. The van der Waals surface area contributed by atoms with Crippen LogP contribution in [0.3, 0.4) is 0 Å². The first kappa shape index (κ1) is 35.2. The summed E-state index contributed by atoms with van der Waals surface area (Å²) in [5, 5.41) is 7.59. The van der Waals surface area contributed by atoms with Gasteiger partial charge in [-0.25, -0.2) is 0 Å². The molecule has 1 aromatic rings. The van der Waals surface area contributed by atoms with Crippen molar-refractivity contribution in [3.05, 3.63) is 35.4 Å². The Kier molecular flexibility index (Phi) is 24.4. The van der Waals surface area contributed by atoms with Gasteiger partial charge in [-0.3, -0.25) is 0 Å². The molecule has 0 bridgehead atoms. The fraction of sp³-hybridized carbons (Fsp3) is 0.833. The third-order valence-corrected chi connectivity index (χ3v) is 8.31. The van der Waals surface area contributed by atoms with Crippen molar-refractivity contribution in [3.63, 3.8) is 0 Å². The van der Waals surface area contributed by atoms with Gasteiger partial charge in [-0.2, -0.15) is 0 Å². The lowest BCUT2D eigenvalue weighted by Crippen LogP contribution is -2.23. The van der Waals surface area contributed by atoms with Crippen LogP contribution in [0.15, 0.2) is 24.3 Å². The van der Waals surface area contributed by atoms with Gasteiger partial charge >= 0.3 is 0 Å². The molecule has 0 aliphatic carbocycles. The summed E-state index contributed by atoms with van der Waals surface area (Å²) in [6.07, 6.45) is 30.7. The molecule has 0 radical (unpaired) electrons. The van der Waals surface area contributed by atoms with Gasteiger partial charge < -0.3 is 10.6 Å². The molecule has 2 heteroatoms. The quantitative estimate of drug-likeness (QED) is 0.106. The summed E-state index contributed by atoms with van der Waals surface area (Å²) in [5.74, 6) is 0.